The second-order valence-corrected chi connectivity index (χ2v) is 5.62. The zero-order valence-corrected chi connectivity index (χ0v) is 10.9. The van der Waals surface area contributed by atoms with Crippen LogP contribution in [-0.4, -0.2) is 41.2 Å². The zero-order valence-electron chi connectivity index (χ0n) is 10.1. The number of alkyl halides is 3. The third-order valence-corrected chi connectivity index (χ3v) is 3.97. The smallest absolute Gasteiger partial charge is 0.418 e. The summed E-state index contributed by atoms with van der Waals surface area (Å²) in [6, 6.07) is 0. The van der Waals surface area contributed by atoms with Crippen LogP contribution in [0.2, 0.25) is 0 Å². The van der Waals surface area contributed by atoms with Crippen molar-refractivity contribution in [2.24, 2.45) is 0 Å². The van der Waals surface area contributed by atoms with E-state index < -0.39 is 43.9 Å². The lowest BCUT2D eigenvalue weighted by atomic mass is 10.0. The quantitative estimate of drug-likeness (QED) is 0.541. The fourth-order valence-corrected chi connectivity index (χ4v) is 2.50. The zero-order chi connectivity index (χ0) is 16.6. The van der Waals surface area contributed by atoms with Gasteiger partial charge in [-0.15, -0.1) is 0 Å². The molecule has 0 aliphatic rings. The molecule has 0 amide bonds. The van der Waals surface area contributed by atoms with Crippen LogP contribution < -0.4 is 16.0 Å². The van der Waals surface area contributed by atoms with E-state index in [1.807, 2.05) is 0 Å². The summed E-state index contributed by atoms with van der Waals surface area (Å²) in [5, 5.41) is 8.60. The molecular weight excluding hydrogens is 323 g/mol. The average molecular weight is 331 g/mol. The summed E-state index contributed by atoms with van der Waals surface area (Å²) in [7, 11) is -5.16. The molecule has 0 fully saturated rings. The minimum Gasteiger partial charge on any atom is -0.480 e. The number of aliphatic carboxylic acids is 1. The van der Waals surface area contributed by atoms with Gasteiger partial charge in [0.25, 0.3) is 5.56 Å². The Morgan fingerprint density at radius 1 is 1.33 bits per heavy atom. The molecule has 0 aliphatic carbocycles. The number of carboxylic acid groups (broad SMARTS) is 1. The second-order valence-electron chi connectivity index (χ2n) is 3.97. The van der Waals surface area contributed by atoms with Crippen molar-refractivity contribution in [1.29, 1.82) is 0 Å². The van der Waals surface area contributed by atoms with Gasteiger partial charge >= 0.3 is 17.8 Å². The molecule has 1 atom stereocenters. The van der Waals surface area contributed by atoms with Gasteiger partial charge in [-0.05, 0) is 6.92 Å². The molecule has 0 saturated heterocycles. The molecule has 4 N–H and O–H groups in total. The SMILES string of the molecule is CC(NS(=O)(=O)c1c[nH]c(=O)[nH]c1=O)(C(=O)O)C(F)(F)F. The van der Waals surface area contributed by atoms with Crippen LogP contribution in [-0.2, 0) is 14.8 Å². The minimum absolute atomic E-state index is 0.0761. The van der Waals surface area contributed by atoms with Crippen molar-refractivity contribution in [3.63, 3.8) is 0 Å². The summed E-state index contributed by atoms with van der Waals surface area (Å²) < 4.78 is 62.5. The van der Waals surface area contributed by atoms with Crippen LogP contribution in [0.5, 0.6) is 0 Å². The van der Waals surface area contributed by atoms with Crippen LogP contribution in [0.3, 0.4) is 0 Å². The summed E-state index contributed by atoms with van der Waals surface area (Å²) in [4.78, 5) is 34.7. The summed E-state index contributed by atoms with van der Waals surface area (Å²) in [5.74, 6) is -2.51. The van der Waals surface area contributed by atoms with Gasteiger partial charge in [-0.1, -0.05) is 0 Å². The Morgan fingerprint density at radius 2 is 1.86 bits per heavy atom. The van der Waals surface area contributed by atoms with E-state index >= 15 is 0 Å². The number of hydrogen-bond donors (Lipinski definition) is 4. The maximum atomic E-state index is 12.7. The highest BCUT2D eigenvalue weighted by molar-refractivity contribution is 7.89. The van der Waals surface area contributed by atoms with Crippen LogP contribution in [0.15, 0.2) is 20.7 Å². The monoisotopic (exact) mass is 331 g/mol. The third-order valence-electron chi connectivity index (χ3n) is 2.41. The van der Waals surface area contributed by atoms with Gasteiger partial charge in [0, 0.05) is 6.20 Å². The second kappa shape index (κ2) is 5.00. The van der Waals surface area contributed by atoms with Gasteiger partial charge in [0.05, 0.1) is 0 Å². The Labute approximate surface area is 113 Å². The number of carboxylic acids is 1. The van der Waals surface area contributed by atoms with E-state index in [1.54, 1.807) is 4.98 Å². The number of aromatic nitrogens is 2. The lowest BCUT2D eigenvalue weighted by Gasteiger charge is -2.27. The van der Waals surface area contributed by atoms with Crippen molar-refractivity contribution < 1.29 is 31.5 Å². The third kappa shape index (κ3) is 3.13. The number of halogens is 3. The lowest BCUT2D eigenvalue weighted by molar-refractivity contribution is -0.201. The summed E-state index contributed by atoms with van der Waals surface area (Å²) in [6.07, 6.45) is -5.12. The Morgan fingerprint density at radius 3 is 2.24 bits per heavy atom. The van der Waals surface area contributed by atoms with E-state index in [-0.39, 0.29) is 6.92 Å². The van der Waals surface area contributed by atoms with Crippen LogP contribution in [0.1, 0.15) is 6.92 Å². The van der Waals surface area contributed by atoms with Gasteiger partial charge < -0.3 is 10.1 Å². The number of rotatable bonds is 4. The molecule has 0 spiro atoms. The molecule has 1 unspecified atom stereocenters. The van der Waals surface area contributed by atoms with Crippen molar-refractivity contribution in [2.45, 2.75) is 23.5 Å². The Hall–Kier alpha value is -2.15. The molecule has 1 rings (SSSR count). The van der Waals surface area contributed by atoms with Gasteiger partial charge in [0.15, 0.2) is 4.90 Å². The summed E-state index contributed by atoms with van der Waals surface area (Å²) in [5.41, 5.74) is -6.44. The van der Waals surface area contributed by atoms with Crippen molar-refractivity contribution in [3.8, 4) is 0 Å². The number of nitrogens with one attached hydrogen (secondary N) is 3. The van der Waals surface area contributed by atoms with E-state index in [9.17, 15) is 36.0 Å². The van der Waals surface area contributed by atoms with E-state index in [0.717, 1.165) is 4.72 Å². The van der Waals surface area contributed by atoms with Gasteiger partial charge in [-0.25, -0.2) is 18.0 Å². The first-order valence-corrected chi connectivity index (χ1v) is 6.46. The van der Waals surface area contributed by atoms with E-state index in [4.69, 9.17) is 5.11 Å². The van der Waals surface area contributed by atoms with Crippen LogP contribution in [0.25, 0.3) is 0 Å². The molecule has 9 nitrogen and oxygen atoms in total. The highest BCUT2D eigenvalue weighted by atomic mass is 32.2. The number of H-pyrrole nitrogens is 2. The van der Waals surface area contributed by atoms with Crippen molar-refractivity contribution in [2.75, 3.05) is 0 Å². The predicted octanol–water partition coefficient (Wildman–Crippen LogP) is -1.25. The minimum atomic E-state index is -5.47. The average Bonchev–Trinajstić information content (AvgIpc) is 2.25. The van der Waals surface area contributed by atoms with Gasteiger partial charge in [-0.3, -0.25) is 9.78 Å². The molecular formula is C8H8F3N3O6S. The van der Waals surface area contributed by atoms with Crippen LogP contribution in [0.4, 0.5) is 13.2 Å². The van der Waals surface area contributed by atoms with Crippen LogP contribution in [0, 0.1) is 0 Å². The first-order chi connectivity index (χ1) is 9.31. The maximum absolute atomic E-state index is 12.7. The summed E-state index contributed by atoms with van der Waals surface area (Å²) in [6.45, 7) is 0.0761. The molecule has 0 aromatic carbocycles. The van der Waals surface area contributed by atoms with Crippen molar-refractivity contribution in [3.05, 3.63) is 27.0 Å². The van der Waals surface area contributed by atoms with E-state index in [0.29, 0.717) is 6.20 Å². The molecule has 118 valence electrons. The number of hydrogen-bond acceptors (Lipinski definition) is 5. The van der Waals surface area contributed by atoms with Crippen molar-refractivity contribution >= 4 is 16.0 Å². The maximum Gasteiger partial charge on any atom is 0.418 e. The highest BCUT2D eigenvalue weighted by Gasteiger charge is 2.59. The Bertz CT molecular complexity index is 779. The molecule has 1 aromatic heterocycles. The normalized spacial score (nSPS) is 15.4. The number of sulfonamides is 1. The first-order valence-electron chi connectivity index (χ1n) is 4.97. The predicted molar refractivity (Wildman–Crippen MR) is 60.1 cm³/mol. The lowest BCUT2D eigenvalue weighted by Crippen LogP contribution is -2.62. The molecule has 0 radical (unpaired) electrons. The number of carbonyl (C=O) groups is 1. The molecule has 0 bridgehead atoms. The molecule has 1 heterocycles. The Kier molecular flexibility index (Phi) is 4.02. The van der Waals surface area contributed by atoms with E-state index in [1.165, 1.54) is 4.98 Å². The van der Waals surface area contributed by atoms with Gasteiger partial charge in [0.2, 0.25) is 15.6 Å². The molecule has 0 aliphatic heterocycles. The highest BCUT2D eigenvalue weighted by Crippen LogP contribution is 2.31. The largest absolute Gasteiger partial charge is 0.480 e. The summed E-state index contributed by atoms with van der Waals surface area (Å²) >= 11 is 0. The van der Waals surface area contributed by atoms with Gasteiger partial charge in [0.1, 0.15) is 0 Å². The van der Waals surface area contributed by atoms with E-state index in [2.05, 4.69) is 0 Å². The molecule has 21 heavy (non-hydrogen) atoms. The molecule has 13 heteroatoms. The standard InChI is InChI=1S/C8H8F3N3O6S/c1-7(5(16)17,8(9,10)11)14-21(19,20)3-2-12-6(18)13-4(3)15/h2,14H,1H3,(H,16,17)(H2,12,13,15,18). The fourth-order valence-electron chi connectivity index (χ4n) is 1.14. The molecule has 0 saturated carbocycles. The number of aromatic amines is 2. The van der Waals surface area contributed by atoms with Crippen molar-refractivity contribution in [1.82, 2.24) is 14.7 Å². The first kappa shape index (κ1) is 16.9. The molecule has 1 aromatic rings. The van der Waals surface area contributed by atoms with Gasteiger partial charge in [-0.2, -0.15) is 17.9 Å². The topological polar surface area (TPSA) is 149 Å². The Balaban J connectivity index is 3.42. The fraction of sp³-hybridized carbons (Fsp3) is 0.375. The van der Waals surface area contributed by atoms with Crippen LogP contribution >= 0.6 is 0 Å².